The number of nitrogens with one attached hydrogen (secondary N) is 3. The topological polar surface area (TPSA) is 82.7 Å². The number of para-hydroxylation sites is 1. The number of anilines is 3. The maximum absolute atomic E-state index is 13.3. The zero-order valence-electron chi connectivity index (χ0n) is 21.7. The van der Waals surface area contributed by atoms with E-state index in [1.165, 1.54) is 11.1 Å². The number of amides is 3. The lowest BCUT2D eigenvalue weighted by atomic mass is 9.98. The summed E-state index contributed by atoms with van der Waals surface area (Å²) in [5, 5.41) is 8.84. The molecule has 7 nitrogen and oxygen atoms in total. The first-order valence-corrected chi connectivity index (χ1v) is 13.1. The van der Waals surface area contributed by atoms with Crippen LogP contribution in [-0.4, -0.2) is 38.2 Å². The van der Waals surface area contributed by atoms with Crippen molar-refractivity contribution in [2.45, 2.75) is 39.7 Å². The average molecular weight is 501 g/mol. The molecule has 0 aliphatic carbocycles. The largest absolute Gasteiger partial charge is 0.382 e. The van der Waals surface area contributed by atoms with Gasteiger partial charge >= 0.3 is 6.03 Å². The first-order chi connectivity index (χ1) is 18.1. The lowest BCUT2D eigenvalue weighted by Crippen LogP contribution is -2.33. The summed E-state index contributed by atoms with van der Waals surface area (Å²) in [4.78, 5) is 28.3. The van der Waals surface area contributed by atoms with Crippen molar-refractivity contribution in [3.63, 3.8) is 0 Å². The Morgan fingerprint density at radius 3 is 2.54 bits per heavy atom. The fraction of sp³-hybridized carbons (Fsp3) is 0.333. The summed E-state index contributed by atoms with van der Waals surface area (Å²) in [6, 6.07) is 21.4. The van der Waals surface area contributed by atoms with Gasteiger partial charge in [0.15, 0.2) is 0 Å². The molecule has 0 aromatic heterocycles. The molecule has 0 spiro atoms. The van der Waals surface area contributed by atoms with Crippen LogP contribution in [0.2, 0.25) is 0 Å². The fourth-order valence-electron chi connectivity index (χ4n) is 4.62. The number of hydrogen-bond donors (Lipinski definition) is 3. The average Bonchev–Trinajstić information content (AvgIpc) is 2.92. The third-order valence-electron chi connectivity index (χ3n) is 6.57. The Kier molecular flexibility index (Phi) is 9.16. The standard InChI is InChI=1S/C30H36N4O3/c1-3-22-10-7-8-13-27(22)33-30(36)32-25-14-15-28(26(20-25)29(35)31-17-9-19-37-4-2)34-18-16-23-11-5-6-12-24(23)21-34/h5-8,10-15,20H,3-4,9,16-19,21H2,1-2H3,(H,31,35)(H2,32,33,36). The molecule has 1 aliphatic rings. The fourth-order valence-corrected chi connectivity index (χ4v) is 4.62. The highest BCUT2D eigenvalue weighted by Gasteiger charge is 2.22. The Morgan fingerprint density at radius 1 is 0.946 bits per heavy atom. The van der Waals surface area contributed by atoms with E-state index in [1.54, 1.807) is 6.07 Å². The van der Waals surface area contributed by atoms with Crippen LogP contribution >= 0.6 is 0 Å². The van der Waals surface area contributed by atoms with Crippen molar-refractivity contribution >= 4 is 29.0 Å². The van der Waals surface area contributed by atoms with Gasteiger partial charge in [-0.25, -0.2) is 4.79 Å². The molecule has 7 heteroatoms. The van der Waals surface area contributed by atoms with Crippen LogP contribution in [0.5, 0.6) is 0 Å². The number of hydrogen-bond acceptors (Lipinski definition) is 4. The van der Waals surface area contributed by atoms with Crippen molar-refractivity contribution in [2.75, 3.05) is 41.8 Å². The first-order valence-electron chi connectivity index (χ1n) is 13.1. The number of carbonyl (C=O) groups is 2. The third-order valence-corrected chi connectivity index (χ3v) is 6.57. The van der Waals surface area contributed by atoms with Crippen molar-refractivity contribution in [2.24, 2.45) is 0 Å². The van der Waals surface area contributed by atoms with E-state index in [-0.39, 0.29) is 11.9 Å². The van der Waals surface area contributed by atoms with Gasteiger partial charge in [-0.3, -0.25) is 4.79 Å². The Bertz CT molecular complexity index is 1230. The molecule has 3 amide bonds. The second-order valence-electron chi connectivity index (χ2n) is 9.07. The molecule has 0 fully saturated rings. The molecule has 0 atom stereocenters. The SMILES string of the molecule is CCOCCCNC(=O)c1cc(NC(=O)Nc2ccccc2CC)ccc1N1CCc2ccccc2C1. The second kappa shape index (κ2) is 12.9. The van der Waals surface area contributed by atoms with Gasteiger partial charge in [-0.05, 0) is 67.1 Å². The molecular weight excluding hydrogens is 464 g/mol. The Balaban J connectivity index is 1.53. The summed E-state index contributed by atoms with van der Waals surface area (Å²) in [5.41, 5.74) is 6.42. The summed E-state index contributed by atoms with van der Waals surface area (Å²) in [6.07, 6.45) is 2.48. The summed E-state index contributed by atoms with van der Waals surface area (Å²) in [6.45, 7) is 7.35. The molecular formula is C30H36N4O3. The van der Waals surface area contributed by atoms with Crippen LogP contribution in [0.4, 0.5) is 21.9 Å². The predicted molar refractivity (Wildman–Crippen MR) is 150 cm³/mol. The van der Waals surface area contributed by atoms with E-state index >= 15 is 0 Å². The molecule has 0 unspecified atom stereocenters. The summed E-state index contributed by atoms with van der Waals surface area (Å²) in [7, 11) is 0. The van der Waals surface area contributed by atoms with Crippen LogP contribution in [0.3, 0.4) is 0 Å². The Labute approximate surface area is 219 Å². The van der Waals surface area contributed by atoms with Crippen LogP contribution in [0.15, 0.2) is 66.7 Å². The number of fused-ring (bicyclic) bond motifs is 1. The van der Waals surface area contributed by atoms with Crippen LogP contribution in [-0.2, 0) is 24.1 Å². The molecule has 1 aliphatic heterocycles. The lowest BCUT2D eigenvalue weighted by Gasteiger charge is -2.32. The Hall–Kier alpha value is -3.84. The van der Waals surface area contributed by atoms with Crippen molar-refractivity contribution in [1.82, 2.24) is 5.32 Å². The lowest BCUT2D eigenvalue weighted by molar-refractivity contribution is 0.0944. The van der Waals surface area contributed by atoms with E-state index in [4.69, 9.17) is 4.74 Å². The number of ether oxygens (including phenoxy) is 1. The zero-order chi connectivity index (χ0) is 26.0. The minimum atomic E-state index is -0.344. The highest BCUT2D eigenvalue weighted by Crippen LogP contribution is 2.30. The second-order valence-corrected chi connectivity index (χ2v) is 9.07. The Morgan fingerprint density at radius 2 is 1.73 bits per heavy atom. The summed E-state index contributed by atoms with van der Waals surface area (Å²) < 4.78 is 5.39. The number of urea groups is 1. The molecule has 4 rings (SSSR count). The molecule has 37 heavy (non-hydrogen) atoms. The monoisotopic (exact) mass is 500 g/mol. The molecule has 0 saturated carbocycles. The van der Waals surface area contributed by atoms with Gasteiger partial charge in [-0.1, -0.05) is 49.4 Å². The van der Waals surface area contributed by atoms with E-state index < -0.39 is 0 Å². The van der Waals surface area contributed by atoms with Crippen LogP contribution in [0, 0.1) is 0 Å². The molecule has 3 N–H and O–H groups in total. The first kappa shape index (κ1) is 26.2. The van der Waals surface area contributed by atoms with Crippen molar-refractivity contribution in [3.05, 3.63) is 89.0 Å². The third kappa shape index (κ3) is 6.89. The van der Waals surface area contributed by atoms with E-state index in [0.717, 1.165) is 49.3 Å². The predicted octanol–water partition coefficient (Wildman–Crippen LogP) is 5.61. The number of carbonyl (C=O) groups excluding carboxylic acids is 2. The molecule has 3 aromatic rings. The van der Waals surface area contributed by atoms with Gasteiger partial charge in [0.1, 0.15) is 0 Å². The smallest absolute Gasteiger partial charge is 0.323 e. The van der Waals surface area contributed by atoms with Crippen LogP contribution in [0.25, 0.3) is 0 Å². The number of aryl methyl sites for hydroxylation is 1. The van der Waals surface area contributed by atoms with Crippen molar-refractivity contribution < 1.29 is 14.3 Å². The van der Waals surface area contributed by atoms with Gasteiger partial charge in [-0.15, -0.1) is 0 Å². The van der Waals surface area contributed by atoms with Gasteiger partial charge in [0.25, 0.3) is 5.91 Å². The van der Waals surface area contributed by atoms with Crippen molar-refractivity contribution in [3.8, 4) is 0 Å². The molecule has 0 bridgehead atoms. The highest BCUT2D eigenvalue weighted by atomic mass is 16.5. The van der Waals surface area contributed by atoms with Gasteiger partial charge in [0.2, 0.25) is 0 Å². The number of benzene rings is 3. The minimum Gasteiger partial charge on any atom is -0.382 e. The molecule has 0 radical (unpaired) electrons. The van der Waals surface area contributed by atoms with Crippen LogP contribution < -0.4 is 20.9 Å². The van der Waals surface area contributed by atoms with Gasteiger partial charge in [0, 0.05) is 49.9 Å². The maximum atomic E-state index is 13.3. The quantitative estimate of drug-likeness (QED) is 0.316. The molecule has 1 heterocycles. The van der Waals surface area contributed by atoms with E-state index in [1.807, 2.05) is 43.3 Å². The van der Waals surface area contributed by atoms with E-state index in [9.17, 15) is 9.59 Å². The van der Waals surface area contributed by atoms with Gasteiger partial charge in [-0.2, -0.15) is 0 Å². The molecule has 0 saturated heterocycles. The zero-order valence-corrected chi connectivity index (χ0v) is 21.7. The van der Waals surface area contributed by atoms with Crippen LogP contribution in [0.1, 0.15) is 47.3 Å². The maximum Gasteiger partial charge on any atom is 0.323 e. The van der Waals surface area contributed by atoms with E-state index in [2.05, 4.69) is 52.0 Å². The summed E-state index contributed by atoms with van der Waals surface area (Å²) in [5.74, 6) is -0.161. The normalized spacial score (nSPS) is 12.5. The highest BCUT2D eigenvalue weighted by molar-refractivity contribution is 6.04. The van der Waals surface area contributed by atoms with Crippen molar-refractivity contribution in [1.29, 1.82) is 0 Å². The van der Waals surface area contributed by atoms with E-state index in [0.29, 0.717) is 31.0 Å². The van der Waals surface area contributed by atoms with Gasteiger partial charge in [0.05, 0.1) is 5.56 Å². The minimum absolute atomic E-state index is 0.161. The molecule has 3 aromatic carbocycles. The number of nitrogens with zero attached hydrogens (tertiary/aromatic N) is 1. The van der Waals surface area contributed by atoms with Gasteiger partial charge < -0.3 is 25.6 Å². The number of rotatable bonds is 10. The summed E-state index contributed by atoms with van der Waals surface area (Å²) >= 11 is 0. The molecule has 194 valence electrons.